The SMILES string of the molecule is C[C@H]1C[C@H](C)CN(Cc2csc(NC(=O)c3ccc([N+](=O)[O-])cc3Cl)n2)C1. The molecule has 9 heteroatoms. The lowest BCUT2D eigenvalue weighted by molar-refractivity contribution is -0.384. The number of rotatable bonds is 5. The number of aromatic nitrogens is 1. The normalized spacial score (nSPS) is 20.4. The highest BCUT2D eigenvalue weighted by molar-refractivity contribution is 7.14. The first-order valence-corrected chi connectivity index (χ1v) is 9.99. The molecule has 3 rings (SSSR count). The van der Waals surface area contributed by atoms with Crippen LogP contribution in [0.2, 0.25) is 5.02 Å². The van der Waals surface area contributed by atoms with Crippen LogP contribution in [0.15, 0.2) is 23.6 Å². The fourth-order valence-electron chi connectivity index (χ4n) is 3.55. The van der Waals surface area contributed by atoms with E-state index in [0.29, 0.717) is 17.0 Å². The highest BCUT2D eigenvalue weighted by atomic mass is 35.5. The number of nitrogens with one attached hydrogen (secondary N) is 1. The van der Waals surface area contributed by atoms with Crippen molar-refractivity contribution < 1.29 is 9.72 Å². The molecule has 2 atom stereocenters. The lowest BCUT2D eigenvalue weighted by Crippen LogP contribution is -2.38. The summed E-state index contributed by atoms with van der Waals surface area (Å²) in [6.45, 7) is 7.41. The third-order valence-corrected chi connectivity index (χ3v) is 5.63. The molecule has 1 amide bonds. The molecule has 1 N–H and O–H groups in total. The number of likely N-dealkylation sites (tertiary alicyclic amines) is 1. The molecular formula is C18H21ClN4O3S. The zero-order valence-electron chi connectivity index (χ0n) is 15.1. The van der Waals surface area contributed by atoms with E-state index in [2.05, 4.69) is 29.0 Å². The van der Waals surface area contributed by atoms with Crippen molar-refractivity contribution in [1.29, 1.82) is 0 Å². The molecule has 2 aromatic rings. The van der Waals surface area contributed by atoms with Crippen molar-refractivity contribution in [3.05, 3.63) is 50.0 Å². The van der Waals surface area contributed by atoms with Crippen LogP contribution in [0.5, 0.6) is 0 Å². The molecule has 1 aliphatic heterocycles. The number of halogens is 1. The Hall–Kier alpha value is -2.03. The third kappa shape index (κ3) is 5.03. The first-order valence-electron chi connectivity index (χ1n) is 8.74. The molecule has 27 heavy (non-hydrogen) atoms. The number of carbonyl (C=O) groups excluding carboxylic acids is 1. The second-order valence-electron chi connectivity index (χ2n) is 7.16. The summed E-state index contributed by atoms with van der Waals surface area (Å²) in [6, 6.07) is 3.77. The first kappa shape index (κ1) is 19.7. The van der Waals surface area contributed by atoms with Gasteiger partial charge >= 0.3 is 0 Å². The van der Waals surface area contributed by atoms with Crippen LogP contribution in [0.25, 0.3) is 0 Å². The van der Waals surface area contributed by atoms with E-state index >= 15 is 0 Å². The summed E-state index contributed by atoms with van der Waals surface area (Å²) in [5.41, 5.74) is 0.946. The van der Waals surface area contributed by atoms with Crippen molar-refractivity contribution in [1.82, 2.24) is 9.88 Å². The quantitative estimate of drug-likeness (QED) is 0.583. The van der Waals surface area contributed by atoms with Crippen LogP contribution >= 0.6 is 22.9 Å². The largest absolute Gasteiger partial charge is 0.298 e. The van der Waals surface area contributed by atoms with Gasteiger partial charge in [0.1, 0.15) is 0 Å². The van der Waals surface area contributed by atoms with E-state index in [0.717, 1.165) is 25.3 Å². The summed E-state index contributed by atoms with van der Waals surface area (Å²) >= 11 is 7.36. The van der Waals surface area contributed by atoms with E-state index in [1.54, 1.807) is 0 Å². The molecule has 1 aromatic heterocycles. The Bertz CT molecular complexity index is 847. The van der Waals surface area contributed by atoms with Crippen molar-refractivity contribution in [2.24, 2.45) is 11.8 Å². The van der Waals surface area contributed by atoms with Gasteiger partial charge < -0.3 is 0 Å². The van der Waals surface area contributed by atoms with Crippen LogP contribution in [0.4, 0.5) is 10.8 Å². The maximum Gasteiger partial charge on any atom is 0.270 e. The van der Waals surface area contributed by atoms with Gasteiger partial charge in [-0.3, -0.25) is 25.1 Å². The molecule has 1 fully saturated rings. The predicted octanol–water partition coefficient (Wildman–Crippen LogP) is 4.43. The Morgan fingerprint density at radius 3 is 2.74 bits per heavy atom. The second kappa shape index (κ2) is 8.33. The van der Waals surface area contributed by atoms with Gasteiger partial charge in [0.25, 0.3) is 11.6 Å². The van der Waals surface area contributed by atoms with E-state index in [1.165, 1.54) is 36.0 Å². The Morgan fingerprint density at radius 1 is 1.41 bits per heavy atom. The van der Waals surface area contributed by atoms with Crippen molar-refractivity contribution in [3.63, 3.8) is 0 Å². The van der Waals surface area contributed by atoms with E-state index in [-0.39, 0.29) is 16.3 Å². The van der Waals surface area contributed by atoms with Crippen LogP contribution in [0.1, 0.15) is 36.3 Å². The number of hydrogen-bond acceptors (Lipinski definition) is 6. The van der Waals surface area contributed by atoms with Gasteiger partial charge in [0.2, 0.25) is 0 Å². The van der Waals surface area contributed by atoms with Gasteiger partial charge in [-0.1, -0.05) is 25.4 Å². The van der Waals surface area contributed by atoms with Crippen LogP contribution in [0, 0.1) is 22.0 Å². The van der Waals surface area contributed by atoms with Gasteiger partial charge in [0.05, 0.1) is 21.2 Å². The minimum Gasteiger partial charge on any atom is -0.298 e. The molecule has 0 unspecified atom stereocenters. The Labute approximate surface area is 166 Å². The number of anilines is 1. The molecule has 0 saturated carbocycles. The summed E-state index contributed by atoms with van der Waals surface area (Å²) in [4.78, 5) is 29.5. The summed E-state index contributed by atoms with van der Waals surface area (Å²) in [7, 11) is 0. The molecule has 7 nitrogen and oxygen atoms in total. The number of amides is 1. The smallest absolute Gasteiger partial charge is 0.270 e. The third-order valence-electron chi connectivity index (χ3n) is 4.51. The van der Waals surface area contributed by atoms with Gasteiger partial charge in [-0.25, -0.2) is 4.98 Å². The standard InChI is InChI=1S/C18H21ClN4O3S/c1-11-5-12(2)8-22(7-11)9-13-10-27-18(20-13)21-17(24)15-4-3-14(23(25)26)6-16(15)19/h3-4,6,10-12H,5,7-9H2,1-2H3,(H,20,21,24)/t11-,12-/m0/s1. The molecule has 1 aromatic carbocycles. The Balaban J connectivity index is 1.63. The van der Waals surface area contributed by atoms with Gasteiger partial charge in [0, 0.05) is 37.1 Å². The van der Waals surface area contributed by atoms with Crippen LogP contribution in [0.3, 0.4) is 0 Å². The van der Waals surface area contributed by atoms with Gasteiger partial charge in [-0.2, -0.15) is 0 Å². The highest BCUT2D eigenvalue weighted by Crippen LogP contribution is 2.26. The predicted molar refractivity (Wildman–Crippen MR) is 106 cm³/mol. The van der Waals surface area contributed by atoms with E-state index in [1.807, 2.05) is 5.38 Å². The van der Waals surface area contributed by atoms with Crippen molar-refractivity contribution in [3.8, 4) is 0 Å². The molecule has 0 aliphatic carbocycles. The van der Waals surface area contributed by atoms with Crippen molar-refractivity contribution in [2.75, 3.05) is 18.4 Å². The number of piperidine rings is 1. The number of nitro groups is 1. The second-order valence-corrected chi connectivity index (χ2v) is 8.42. The van der Waals surface area contributed by atoms with E-state index in [9.17, 15) is 14.9 Å². The van der Waals surface area contributed by atoms with Gasteiger partial charge in [0.15, 0.2) is 5.13 Å². The molecule has 1 saturated heterocycles. The van der Waals surface area contributed by atoms with Gasteiger partial charge in [-0.15, -0.1) is 11.3 Å². The fourth-order valence-corrected chi connectivity index (χ4v) is 4.51. The minimum absolute atomic E-state index is 0.0368. The maximum absolute atomic E-state index is 12.4. The zero-order valence-corrected chi connectivity index (χ0v) is 16.7. The average Bonchev–Trinajstić information content (AvgIpc) is 3.00. The molecule has 1 aliphatic rings. The van der Waals surface area contributed by atoms with Crippen LogP contribution < -0.4 is 5.32 Å². The molecule has 2 heterocycles. The van der Waals surface area contributed by atoms with Crippen molar-refractivity contribution >= 4 is 39.7 Å². The van der Waals surface area contributed by atoms with Crippen molar-refractivity contribution in [2.45, 2.75) is 26.8 Å². The molecule has 0 bridgehead atoms. The summed E-state index contributed by atoms with van der Waals surface area (Å²) < 4.78 is 0. The lowest BCUT2D eigenvalue weighted by Gasteiger charge is -2.34. The lowest BCUT2D eigenvalue weighted by atomic mass is 9.92. The Morgan fingerprint density at radius 2 is 2.11 bits per heavy atom. The molecular weight excluding hydrogens is 388 g/mol. The number of thiazole rings is 1. The van der Waals surface area contributed by atoms with Crippen LogP contribution in [-0.2, 0) is 6.54 Å². The topological polar surface area (TPSA) is 88.4 Å². The maximum atomic E-state index is 12.4. The fraction of sp³-hybridized carbons (Fsp3) is 0.444. The molecule has 0 radical (unpaired) electrons. The molecule has 0 spiro atoms. The minimum atomic E-state index is -0.553. The number of benzene rings is 1. The average molecular weight is 409 g/mol. The van der Waals surface area contributed by atoms with Crippen LogP contribution in [-0.4, -0.2) is 33.8 Å². The number of carbonyl (C=O) groups is 1. The summed E-state index contributed by atoms with van der Waals surface area (Å²) in [6.07, 6.45) is 1.25. The van der Waals surface area contributed by atoms with E-state index in [4.69, 9.17) is 11.6 Å². The Kier molecular flexibility index (Phi) is 6.08. The number of nitrogens with zero attached hydrogens (tertiary/aromatic N) is 3. The molecule has 144 valence electrons. The number of hydrogen-bond donors (Lipinski definition) is 1. The monoisotopic (exact) mass is 408 g/mol. The van der Waals surface area contributed by atoms with E-state index < -0.39 is 10.8 Å². The zero-order chi connectivity index (χ0) is 19.6. The summed E-state index contributed by atoms with van der Waals surface area (Å²) in [5.74, 6) is 0.919. The first-order chi connectivity index (χ1) is 12.8. The van der Waals surface area contributed by atoms with Gasteiger partial charge in [-0.05, 0) is 24.3 Å². The number of non-ortho nitro benzene ring substituents is 1. The number of nitro benzene ring substituents is 1. The highest BCUT2D eigenvalue weighted by Gasteiger charge is 2.22. The summed E-state index contributed by atoms with van der Waals surface area (Å²) in [5, 5.41) is 16.0.